The lowest BCUT2D eigenvalue weighted by Crippen LogP contribution is -2.63. The second-order valence-electron chi connectivity index (χ2n) is 5.77. The summed E-state index contributed by atoms with van der Waals surface area (Å²) in [5.41, 5.74) is 5.80. The molecule has 2 rings (SSSR count). The maximum atomic E-state index is 11.0. The first kappa shape index (κ1) is 18.7. The van der Waals surface area contributed by atoms with Gasteiger partial charge in [-0.05, 0) is 12.0 Å². The van der Waals surface area contributed by atoms with Gasteiger partial charge in [0.2, 0.25) is 5.79 Å². The molecule has 9 nitrogen and oxygen atoms in total. The molecule has 0 bridgehead atoms. The Hall–Kier alpha value is -1.59. The molecule has 0 amide bonds. The van der Waals surface area contributed by atoms with Crippen molar-refractivity contribution in [1.82, 2.24) is 0 Å². The van der Waals surface area contributed by atoms with Crippen LogP contribution in [0.1, 0.15) is 11.1 Å². The minimum atomic E-state index is -2.44. The first-order chi connectivity index (χ1) is 11.2. The number of carboxylic acids is 1. The van der Waals surface area contributed by atoms with Gasteiger partial charge in [-0.15, -0.1) is 0 Å². The van der Waals surface area contributed by atoms with Gasteiger partial charge in [0.1, 0.15) is 30.5 Å². The van der Waals surface area contributed by atoms with Crippen molar-refractivity contribution >= 4 is 5.97 Å². The van der Waals surface area contributed by atoms with E-state index in [1.54, 1.807) is 6.07 Å². The third-order valence-corrected chi connectivity index (χ3v) is 4.13. The van der Waals surface area contributed by atoms with E-state index in [2.05, 4.69) is 0 Å². The molecule has 9 heteroatoms. The summed E-state index contributed by atoms with van der Waals surface area (Å²) < 4.78 is 5.24. The topological polar surface area (TPSA) is 174 Å². The number of aliphatic hydroxyl groups is 5. The zero-order chi connectivity index (χ0) is 18.1. The molecule has 0 spiro atoms. The van der Waals surface area contributed by atoms with Crippen LogP contribution in [0.4, 0.5) is 0 Å². The summed E-state index contributed by atoms with van der Waals surface area (Å²) in [6, 6.07) is 4.73. The summed E-state index contributed by atoms with van der Waals surface area (Å²) >= 11 is 0. The SMILES string of the molecule is NC(Cc1ccccc1C1(O)OC(CO)C(O)C(O)C1O)C(=O)O. The smallest absolute Gasteiger partial charge is 0.320 e. The highest BCUT2D eigenvalue weighted by molar-refractivity contribution is 5.73. The number of rotatable bonds is 5. The van der Waals surface area contributed by atoms with Crippen molar-refractivity contribution < 1.29 is 40.2 Å². The molecule has 8 N–H and O–H groups in total. The third-order valence-electron chi connectivity index (χ3n) is 4.13. The lowest BCUT2D eigenvalue weighted by molar-refractivity contribution is -0.358. The number of carbonyl (C=O) groups is 1. The number of aliphatic hydroxyl groups excluding tert-OH is 4. The van der Waals surface area contributed by atoms with Crippen LogP contribution in [0.2, 0.25) is 0 Å². The van der Waals surface area contributed by atoms with E-state index < -0.39 is 48.8 Å². The Bertz CT molecular complexity index is 595. The lowest BCUT2D eigenvalue weighted by Gasteiger charge is -2.46. The molecule has 1 heterocycles. The van der Waals surface area contributed by atoms with Crippen LogP contribution in [-0.4, -0.2) is 73.7 Å². The fourth-order valence-electron chi connectivity index (χ4n) is 2.75. The summed E-state index contributed by atoms with van der Waals surface area (Å²) in [4.78, 5) is 11.0. The van der Waals surface area contributed by atoms with Crippen LogP contribution in [0.3, 0.4) is 0 Å². The van der Waals surface area contributed by atoms with Crippen molar-refractivity contribution in [3.8, 4) is 0 Å². The van der Waals surface area contributed by atoms with Gasteiger partial charge in [-0.25, -0.2) is 0 Å². The Morgan fingerprint density at radius 2 is 1.88 bits per heavy atom. The fraction of sp³-hybridized carbons (Fsp3) is 0.533. The van der Waals surface area contributed by atoms with Crippen LogP contribution in [0, 0.1) is 0 Å². The van der Waals surface area contributed by atoms with Gasteiger partial charge in [-0.2, -0.15) is 0 Å². The molecule has 1 aliphatic heterocycles. The maximum absolute atomic E-state index is 11.0. The first-order valence-electron chi connectivity index (χ1n) is 7.34. The molecule has 1 saturated heterocycles. The van der Waals surface area contributed by atoms with E-state index in [-0.39, 0.29) is 17.5 Å². The summed E-state index contributed by atoms with van der Waals surface area (Å²) in [6.45, 7) is -0.704. The van der Waals surface area contributed by atoms with Crippen molar-refractivity contribution in [3.63, 3.8) is 0 Å². The average molecular weight is 343 g/mol. The van der Waals surface area contributed by atoms with Gasteiger partial charge >= 0.3 is 5.97 Å². The Balaban J connectivity index is 2.43. The molecule has 0 saturated carbocycles. The summed E-state index contributed by atoms with van der Waals surface area (Å²) in [7, 11) is 0. The molecular formula is C15H21NO8. The Morgan fingerprint density at radius 3 is 2.46 bits per heavy atom. The number of aliphatic carboxylic acids is 1. The van der Waals surface area contributed by atoms with Gasteiger partial charge in [0.15, 0.2) is 0 Å². The van der Waals surface area contributed by atoms with Crippen LogP contribution in [0.15, 0.2) is 24.3 Å². The number of nitrogens with two attached hydrogens (primary N) is 1. The monoisotopic (exact) mass is 343 g/mol. The van der Waals surface area contributed by atoms with Gasteiger partial charge in [0.25, 0.3) is 0 Å². The standard InChI is InChI=1S/C15H21NO8/c16-9(14(21)22)5-7-3-1-2-4-8(7)15(23)13(20)12(19)11(18)10(6-17)24-15/h1-4,9-13,17-20,23H,5-6,16H2,(H,21,22). The number of carboxylic acid groups (broad SMARTS) is 1. The van der Waals surface area contributed by atoms with E-state index in [0.717, 1.165) is 0 Å². The Kier molecular flexibility index (Phi) is 5.56. The first-order valence-corrected chi connectivity index (χ1v) is 7.34. The highest BCUT2D eigenvalue weighted by Crippen LogP contribution is 2.38. The summed E-state index contributed by atoms with van der Waals surface area (Å²) in [6.07, 6.45) is -6.79. The third kappa shape index (κ3) is 3.28. The predicted octanol–water partition coefficient (Wildman–Crippen LogP) is -2.74. The van der Waals surface area contributed by atoms with E-state index in [0.29, 0.717) is 0 Å². The zero-order valence-electron chi connectivity index (χ0n) is 12.7. The molecule has 6 atom stereocenters. The molecule has 6 unspecified atom stereocenters. The molecule has 0 aromatic heterocycles. The van der Waals surface area contributed by atoms with Crippen molar-refractivity contribution in [2.45, 2.75) is 42.7 Å². The van der Waals surface area contributed by atoms with Gasteiger partial charge in [0.05, 0.1) is 6.61 Å². The number of hydrogen-bond donors (Lipinski definition) is 7. The zero-order valence-corrected chi connectivity index (χ0v) is 12.7. The highest BCUT2D eigenvalue weighted by atomic mass is 16.7. The fourth-order valence-corrected chi connectivity index (χ4v) is 2.75. The molecule has 0 radical (unpaired) electrons. The minimum Gasteiger partial charge on any atom is -0.480 e. The second kappa shape index (κ2) is 7.11. The van der Waals surface area contributed by atoms with Crippen molar-refractivity contribution in [3.05, 3.63) is 35.4 Å². The van der Waals surface area contributed by atoms with Gasteiger partial charge < -0.3 is 41.1 Å². The second-order valence-corrected chi connectivity index (χ2v) is 5.77. The molecule has 1 aliphatic rings. The Labute approximate surface area is 137 Å². The number of hydrogen-bond acceptors (Lipinski definition) is 8. The van der Waals surface area contributed by atoms with Gasteiger partial charge in [0, 0.05) is 5.56 Å². The normalized spacial score (nSPS) is 34.8. The van der Waals surface area contributed by atoms with Crippen LogP contribution < -0.4 is 5.73 Å². The van der Waals surface area contributed by atoms with Crippen molar-refractivity contribution in [2.24, 2.45) is 5.73 Å². The van der Waals surface area contributed by atoms with Gasteiger partial charge in [-0.3, -0.25) is 4.79 Å². The van der Waals surface area contributed by atoms with Crippen molar-refractivity contribution in [1.29, 1.82) is 0 Å². The van der Waals surface area contributed by atoms with Crippen LogP contribution in [0.25, 0.3) is 0 Å². The van der Waals surface area contributed by atoms with Crippen LogP contribution in [0.5, 0.6) is 0 Å². The lowest BCUT2D eigenvalue weighted by atomic mass is 9.85. The minimum absolute atomic E-state index is 0.00130. The van der Waals surface area contributed by atoms with E-state index >= 15 is 0 Å². The summed E-state index contributed by atoms with van der Waals surface area (Å²) in [5.74, 6) is -3.69. The molecule has 0 aliphatic carbocycles. The largest absolute Gasteiger partial charge is 0.480 e. The van der Waals surface area contributed by atoms with E-state index in [1.165, 1.54) is 18.2 Å². The predicted molar refractivity (Wildman–Crippen MR) is 79.6 cm³/mol. The van der Waals surface area contributed by atoms with Crippen LogP contribution >= 0.6 is 0 Å². The molecule has 1 fully saturated rings. The van der Waals surface area contributed by atoms with Crippen LogP contribution in [-0.2, 0) is 21.7 Å². The molecule has 134 valence electrons. The average Bonchev–Trinajstić information content (AvgIpc) is 2.56. The molecular weight excluding hydrogens is 322 g/mol. The number of benzene rings is 1. The maximum Gasteiger partial charge on any atom is 0.320 e. The van der Waals surface area contributed by atoms with Gasteiger partial charge in [-0.1, -0.05) is 24.3 Å². The molecule has 1 aromatic rings. The van der Waals surface area contributed by atoms with E-state index in [1.807, 2.05) is 0 Å². The highest BCUT2D eigenvalue weighted by Gasteiger charge is 2.54. The number of ether oxygens (including phenoxy) is 1. The quantitative estimate of drug-likeness (QED) is 0.299. The van der Waals surface area contributed by atoms with E-state index in [9.17, 15) is 30.3 Å². The van der Waals surface area contributed by atoms with E-state index in [4.69, 9.17) is 15.6 Å². The van der Waals surface area contributed by atoms with Crippen molar-refractivity contribution in [2.75, 3.05) is 6.61 Å². The summed E-state index contributed by atoms with van der Waals surface area (Å²) in [5, 5.41) is 58.9. The Morgan fingerprint density at radius 1 is 1.25 bits per heavy atom. The molecule has 24 heavy (non-hydrogen) atoms. The molecule has 1 aromatic carbocycles.